The first-order valence-electron chi connectivity index (χ1n) is 4.23. The Labute approximate surface area is 84.8 Å². The van der Waals surface area contributed by atoms with Gasteiger partial charge in [-0.15, -0.1) is 0 Å². The van der Waals surface area contributed by atoms with Crippen molar-refractivity contribution in [2.75, 3.05) is 6.61 Å². The molecule has 0 aromatic carbocycles. The van der Waals surface area contributed by atoms with Crippen LogP contribution in [0.3, 0.4) is 0 Å². The molecule has 1 aliphatic rings. The third-order valence-corrected chi connectivity index (χ3v) is 2.01. The summed E-state index contributed by atoms with van der Waals surface area (Å²) >= 11 is 0. The fourth-order valence-corrected chi connectivity index (χ4v) is 1.24. The highest BCUT2D eigenvalue weighted by Gasteiger charge is 2.42. The van der Waals surface area contributed by atoms with Gasteiger partial charge in [-0.1, -0.05) is 0 Å². The van der Waals surface area contributed by atoms with Gasteiger partial charge >= 0.3 is 6.03 Å². The summed E-state index contributed by atoms with van der Waals surface area (Å²) in [6, 6.07) is -0.861. The second kappa shape index (κ2) is 5.03. The van der Waals surface area contributed by atoms with Crippen LogP contribution >= 0.6 is 0 Å². The van der Waals surface area contributed by atoms with E-state index in [4.69, 9.17) is 9.84 Å². The first-order valence-corrected chi connectivity index (χ1v) is 4.23. The molecule has 1 fully saturated rings. The van der Waals surface area contributed by atoms with Gasteiger partial charge in [-0.25, -0.2) is 4.79 Å². The highest BCUT2D eigenvalue weighted by molar-refractivity contribution is 5.84. The molecule has 86 valence electrons. The molecule has 0 aromatic heterocycles. The third-order valence-electron chi connectivity index (χ3n) is 2.01. The van der Waals surface area contributed by atoms with Crippen LogP contribution in [0.1, 0.15) is 0 Å². The summed E-state index contributed by atoms with van der Waals surface area (Å²) in [5.74, 6) is 0. The number of carbonyl (C=O) groups is 2. The van der Waals surface area contributed by atoms with Gasteiger partial charge in [0.1, 0.15) is 18.3 Å². The Balaban J connectivity index is 2.50. The molecule has 1 rings (SSSR count). The minimum absolute atomic E-state index is 0.163. The van der Waals surface area contributed by atoms with E-state index in [1.165, 1.54) is 0 Å². The van der Waals surface area contributed by atoms with Gasteiger partial charge in [0.15, 0.2) is 6.23 Å². The molecule has 0 aromatic rings. The molecular formula is C7H12N2O6. The molecule has 0 unspecified atom stereocenters. The fourth-order valence-electron chi connectivity index (χ4n) is 1.24. The van der Waals surface area contributed by atoms with Crippen LogP contribution < -0.4 is 10.6 Å². The Hall–Kier alpha value is -1.22. The van der Waals surface area contributed by atoms with Crippen molar-refractivity contribution in [3.05, 3.63) is 0 Å². The second-order valence-electron chi connectivity index (χ2n) is 2.99. The van der Waals surface area contributed by atoms with Crippen molar-refractivity contribution in [1.29, 1.82) is 0 Å². The Morgan fingerprint density at radius 1 is 1.40 bits per heavy atom. The normalized spacial score (nSPS) is 34.9. The number of ether oxygens (including phenoxy) is 1. The molecule has 0 radical (unpaired) electrons. The van der Waals surface area contributed by atoms with Gasteiger partial charge in [0.2, 0.25) is 6.41 Å². The van der Waals surface area contributed by atoms with E-state index in [1.807, 2.05) is 0 Å². The quantitative estimate of drug-likeness (QED) is 0.320. The molecule has 1 aliphatic heterocycles. The summed E-state index contributed by atoms with van der Waals surface area (Å²) in [6.45, 7) is -0.480. The van der Waals surface area contributed by atoms with Gasteiger partial charge in [-0.3, -0.25) is 10.1 Å². The summed E-state index contributed by atoms with van der Waals surface area (Å²) in [7, 11) is 0. The average Bonchev–Trinajstić information content (AvgIpc) is 2.46. The largest absolute Gasteiger partial charge is 0.394 e. The van der Waals surface area contributed by atoms with Gasteiger partial charge in [-0.2, -0.15) is 0 Å². The van der Waals surface area contributed by atoms with Crippen molar-refractivity contribution in [2.45, 2.75) is 24.5 Å². The lowest BCUT2D eigenvalue weighted by Crippen LogP contribution is -2.47. The number of urea groups is 1. The SMILES string of the molecule is O=CNC(=O)N[C@@H]1O[C@H](CO)[C@@H](O)[C@H]1O. The second-order valence-corrected chi connectivity index (χ2v) is 2.99. The molecule has 3 amide bonds. The number of nitrogens with one attached hydrogen (secondary N) is 2. The van der Waals surface area contributed by atoms with Gasteiger partial charge in [0.05, 0.1) is 6.61 Å². The lowest BCUT2D eigenvalue weighted by atomic mass is 10.1. The molecular weight excluding hydrogens is 208 g/mol. The molecule has 1 saturated heterocycles. The Kier molecular flexibility index (Phi) is 3.97. The maximum atomic E-state index is 10.9. The standard InChI is InChI=1S/C7H12N2O6/c10-1-3-4(12)5(13)6(15-3)9-7(14)8-2-11/h2-6,10,12-13H,1H2,(H2,8,9,11,14)/t3-,4-,5-,6-/m1/s1. The smallest absolute Gasteiger partial charge is 0.323 e. The van der Waals surface area contributed by atoms with Crippen LogP contribution in [0.4, 0.5) is 4.79 Å². The van der Waals surface area contributed by atoms with Crippen LogP contribution in [-0.4, -0.2) is 58.9 Å². The van der Waals surface area contributed by atoms with E-state index in [0.29, 0.717) is 0 Å². The van der Waals surface area contributed by atoms with E-state index < -0.39 is 37.2 Å². The van der Waals surface area contributed by atoms with Crippen LogP contribution in [0, 0.1) is 0 Å². The number of hydrogen-bond acceptors (Lipinski definition) is 6. The molecule has 0 aliphatic carbocycles. The van der Waals surface area contributed by atoms with Gasteiger partial charge in [0, 0.05) is 0 Å². The predicted octanol–water partition coefficient (Wildman–Crippen LogP) is -3.12. The molecule has 0 saturated carbocycles. The summed E-state index contributed by atoms with van der Waals surface area (Å²) in [5, 5.41) is 31.3. The monoisotopic (exact) mass is 220 g/mol. The third kappa shape index (κ3) is 2.63. The number of aliphatic hydroxyl groups excluding tert-OH is 3. The van der Waals surface area contributed by atoms with E-state index in [2.05, 4.69) is 5.32 Å². The van der Waals surface area contributed by atoms with Crippen molar-refractivity contribution in [1.82, 2.24) is 10.6 Å². The molecule has 5 N–H and O–H groups in total. The van der Waals surface area contributed by atoms with Crippen LogP contribution in [0.5, 0.6) is 0 Å². The van der Waals surface area contributed by atoms with Gasteiger partial charge < -0.3 is 25.4 Å². The van der Waals surface area contributed by atoms with Crippen LogP contribution in [-0.2, 0) is 9.53 Å². The Morgan fingerprint density at radius 2 is 2.07 bits per heavy atom. The number of hydrogen-bond donors (Lipinski definition) is 5. The first kappa shape index (κ1) is 11.9. The van der Waals surface area contributed by atoms with E-state index in [0.717, 1.165) is 0 Å². The number of imide groups is 1. The summed E-state index contributed by atoms with van der Waals surface area (Å²) in [6.07, 6.45) is -4.58. The highest BCUT2D eigenvalue weighted by Crippen LogP contribution is 2.18. The summed E-state index contributed by atoms with van der Waals surface area (Å²) < 4.78 is 4.91. The average molecular weight is 220 g/mol. The van der Waals surface area contributed by atoms with E-state index in [9.17, 15) is 19.8 Å². The Morgan fingerprint density at radius 3 is 2.53 bits per heavy atom. The summed E-state index contributed by atoms with van der Waals surface area (Å²) in [4.78, 5) is 20.7. The molecule has 1 heterocycles. The number of carbonyl (C=O) groups excluding carboxylic acids is 2. The topological polar surface area (TPSA) is 128 Å². The maximum Gasteiger partial charge on any atom is 0.323 e. The van der Waals surface area contributed by atoms with Crippen molar-refractivity contribution in [3.63, 3.8) is 0 Å². The van der Waals surface area contributed by atoms with Crippen LogP contribution in [0.15, 0.2) is 0 Å². The first-order chi connectivity index (χ1) is 7.10. The number of amides is 3. The van der Waals surface area contributed by atoms with E-state index in [-0.39, 0.29) is 6.41 Å². The van der Waals surface area contributed by atoms with Gasteiger partial charge in [-0.05, 0) is 0 Å². The number of aliphatic hydroxyl groups is 3. The highest BCUT2D eigenvalue weighted by atomic mass is 16.6. The van der Waals surface area contributed by atoms with Crippen molar-refractivity contribution < 1.29 is 29.6 Å². The van der Waals surface area contributed by atoms with Crippen molar-refractivity contribution >= 4 is 12.4 Å². The molecule has 4 atom stereocenters. The van der Waals surface area contributed by atoms with E-state index >= 15 is 0 Å². The fraction of sp³-hybridized carbons (Fsp3) is 0.714. The molecule has 0 bridgehead atoms. The molecule has 15 heavy (non-hydrogen) atoms. The van der Waals surface area contributed by atoms with E-state index in [1.54, 1.807) is 5.32 Å². The van der Waals surface area contributed by atoms with Crippen molar-refractivity contribution in [2.24, 2.45) is 0 Å². The Bertz CT molecular complexity index is 248. The minimum Gasteiger partial charge on any atom is -0.394 e. The van der Waals surface area contributed by atoms with Crippen LogP contribution in [0.2, 0.25) is 0 Å². The minimum atomic E-state index is -1.35. The van der Waals surface area contributed by atoms with Crippen molar-refractivity contribution in [3.8, 4) is 0 Å². The zero-order chi connectivity index (χ0) is 11.4. The lowest BCUT2D eigenvalue weighted by Gasteiger charge is -2.15. The van der Waals surface area contributed by atoms with Gasteiger partial charge in [0.25, 0.3) is 0 Å². The molecule has 8 nitrogen and oxygen atoms in total. The molecule has 0 spiro atoms. The van der Waals surface area contributed by atoms with Crippen LogP contribution in [0.25, 0.3) is 0 Å². The zero-order valence-corrected chi connectivity index (χ0v) is 7.66. The lowest BCUT2D eigenvalue weighted by molar-refractivity contribution is -0.108. The maximum absolute atomic E-state index is 10.9. The zero-order valence-electron chi connectivity index (χ0n) is 7.66. The molecule has 8 heteroatoms. The predicted molar refractivity (Wildman–Crippen MR) is 45.5 cm³/mol. The summed E-state index contributed by atoms with van der Waals surface area (Å²) in [5.41, 5.74) is 0. The number of rotatable bonds is 3.